The van der Waals surface area contributed by atoms with E-state index in [1.165, 1.54) is 0 Å². The number of nitrogens with zero attached hydrogens (tertiary/aromatic N) is 1. The molecule has 0 unspecified atom stereocenters. The molecule has 0 saturated heterocycles. The highest BCUT2D eigenvalue weighted by Gasteiger charge is 2.07. The number of halogens is 2. The molecular formula is C14H9BrClNO. The van der Waals surface area contributed by atoms with Crippen molar-refractivity contribution >= 4 is 27.5 Å². The topological polar surface area (TPSA) is 33.0 Å². The number of aryl methyl sites for hydroxylation is 1. The Morgan fingerprint density at radius 2 is 1.89 bits per heavy atom. The highest BCUT2D eigenvalue weighted by Crippen LogP contribution is 2.34. The minimum atomic E-state index is 0.418. The molecule has 0 aliphatic carbocycles. The molecule has 2 aromatic rings. The van der Waals surface area contributed by atoms with Gasteiger partial charge in [-0.05, 0) is 58.7 Å². The molecule has 0 radical (unpaired) electrons. The zero-order chi connectivity index (χ0) is 13.1. The molecule has 0 atom stereocenters. The third-order valence-electron chi connectivity index (χ3n) is 2.37. The van der Waals surface area contributed by atoms with Crippen molar-refractivity contribution in [2.45, 2.75) is 6.92 Å². The highest BCUT2D eigenvalue weighted by atomic mass is 79.9. The van der Waals surface area contributed by atoms with E-state index in [4.69, 9.17) is 21.6 Å². The van der Waals surface area contributed by atoms with Gasteiger partial charge in [0.05, 0.1) is 21.1 Å². The van der Waals surface area contributed by atoms with Gasteiger partial charge in [0.2, 0.25) is 0 Å². The summed E-state index contributed by atoms with van der Waals surface area (Å²) in [7, 11) is 0. The third-order valence-corrected chi connectivity index (χ3v) is 3.28. The fourth-order valence-corrected chi connectivity index (χ4v) is 2.25. The summed E-state index contributed by atoms with van der Waals surface area (Å²) in [5, 5.41) is 9.18. The first-order valence-corrected chi connectivity index (χ1v) is 6.41. The van der Waals surface area contributed by atoms with Crippen molar-refractivity contribution in [3.8, 4) is 17.6 Å². The van der Waals surface area contributed by atoms with E-state index in [0.29, 0.717) is 22.1 Å². The summed E-state index contributed by atoms with van der Waals surface area (Å²) in [6.45, 7) is 2.00. The van der Waals surface area contributed by atoms with Gasteiger partial charge in [-0.3, -0.25) is 0 Å². The van der Waals surface area contributed by atoms with E-state index in [-0.39, 0.29) is 0 Å². The lowest BCUT2D eigenvalue weighted by molar-refractivity contribution is 0.479. The molecular weight excluding hydrogens is 314 g/mol. The third kappa shape index (κ3) is 2.84. The van der Waals surface area contributed by atoms with Gasteiger partial charge in [-0.1, -0.05) is 17.7 Å². The van der Waals surface area contributed by atoms with Crippen molar-refractivity contribution in [3.63, 3.8) is 0 Å². The molecule has 0 saturated carbocycles. The first kappa shape index (κ1) is 12.9. The van der Waals surface area contributed by atoms with Crippen molar-refractivity contribution in [2.24, 2.45) is 0 Å². The van der Waals surface area contributed by atoms with Crippen LogP contribution in [-0.4, -0.2) is 0 Å². The van der Waals surface area contributed by atoms with E-state index in [9.17, 15) is 0 Å². The molecule has 4 heteroatoms. The van der Waals surface area contributed by atoms with Gasteiger partial charge < -0.3 is 4.74 Å². The molecule has 0 fully saturated rings. The number of hydrogen-bond acceptors (Lipinski definition) is 2. The number of rotatable bonds is 2. The van der Waals surface area contributed by atoms with Crippen LogP contribution < -0.4 is 4.74 Å². The van der Waals surface area contributed by atoms with Crippen LogP contribution in [0.4, 0.5) is 0 Å². The van der Waals surface area contributed by atoms with Crippen molar-refractivity contribution in [1.82, 2.24) is 0 Å². The zero-order valence-electron chi connectivity index (χ0n) is 9.58. The van der Waals surface area contributed by atoms with E-state index >= 15 is 0 Å². The van der Waals surface area contributed by atoms with Crippen molar-refractivity contribution in [1.29, 1.82) is 5.26 Å². The van der Waals surface area contributed by atoms with E-state index in [1.54, 1.807) is 18.2 Å². The maximum atomic E-state index is 8.76. The fourth-order valence-electron chi connectivity index (χ4n) is 1.46. The summed E-state index contributed by atoms with van der Waals surface area (Å²) < 4.78 is 6.57. The Balaban J connectivity index is 2.32. The molecule has 0 bridgehead atoms. The first-order valence-electron chi connectivity index (χ1n) is 5.24. The van der Waals surface area contributed by atoms with Crippen LogP contribution in [0.25, 0.3) is 0 Å². The first-order chi connectivity index (χ1) is 8.60. The maximum absolute atomic E-state index is 8.76. The van der Waals surface area contributed by atoms with Crippen molar-refractivity contribution in [3.05, 3.63) is 57.0 Å². The maximum Gasteiger partial charge on any atom is 0.146 e. The van der Waals surface area contributed by atoms with E-state index in [0.717, 1.165) is 10.0 Å². The van der Waals surface area contributed by atoms with E-state index < -0.39 is 0 Å². The van der Waals surface area contributed by atoms with Crippen LogP contribution >= 0.6 is 27.5 Å². The normalized spacial score (nSPS) is 9.89. The monoisotopic (exact) mass is 321 g/mol. The minimum absolute atomic E-state index is 0.418. The SMILES string of the molecule is Cc1ccc(Oc2ccc(C#N)cc2Cl)c(Br)c1. The summed E-state index contributed by atoms with van der Waals surface area (Å²) in [6, 6.07) is 12.8. The smallest absolute Gasteiger partial charge is 0.146 e. The Kier molecular flexibility index (Phi) is 3.90. The van der Waals surface area contributed by atoms with Crippen LogP contribution in [0.2, 0.25) is 5.02 Å². The standard InChI is InChI=1S/C14H9BrClNO/c1-9-2-4-13(11(15)6-9)18-14-5-3-10(8-17)7-12(14)16/h2-7H,1H3. The van der Waals surface area contributed by atoms with Crippen molar-refractivity contribution < 1.29 is 4.74 Å². The predicted octanol–water partition coefficient (Wildman–Crippen LogP) is 5.07. The molecule has 2 aromatic carbocycles. The predicted molar refractivity (Wildman–Crippen MR) is 75.1 cm³/mol. The van der Waals surface area contributed by atoms with Crippen LogP contribution in [0.1, 0.15) is 11.1 Å². The molecule has 18 heavy (non-hydrogen) atoms. The Labute approximate surface area is 119 Å². The molecule has 0 aliphatic heterocycles. The molecule has 0 aromatic heterocycles. The number of nitriles is 1. The second-order valence-corrected chi connectivity index (χ2v) is 5.05. The lowest BCUT2D eigenvalue weighted by atomic mass is 10.2. The summed E-state index contributed by atoms with van der Waals surface area (Å²) in [4.78, 5) is 0. The average molecular weight is 323 g/mol. The largest absolute Gasteiger partial charge is 0.455 e. The average Bonchev–Trinajstić information content (AvgIpc) is 2.34. The highest BCUT2D eigenvalue weighted by molar-refractivity contribution is 9.10. The van der Waals surface area contributed by atoms with Gasteiger partial charge in [0.15, 0.2) is 0 Å². The van der Waals surface area contributed by atoms with Crippen LogP contribution in [-0.2, 0) is 0 Å². The molecule has 0 N–H and O–H groups in total. The van der Waals surface area contributed by atoms with Crippen LogP contribution in [0.15, 0.2) is 40.9 Å². The van der Waals surface area contributed by atoms with E-state index in [1.807, 2.05) is 31.2 Å². The molecule has 90 valence electrons. The van der Waals surface area contributed by atoms with Crippen LogP contribution in [0.5, 0.6) is 11.5 Å². The molecule has 0 aliphatic rings. The molecule has 0 amide bonds. The van der Waals surface area contributed by atoms with Crippen LogP contribution in [0, 0.1) is 18.3 Å². The Morgan fingerprint density at radius 3 is 2.50 bits per heavy atom. The Bertz CT molecular complexity index is 634. The molecule has 0 spiro atoms. The number of benzene rings is 2. The van der Waals surface area contributed by atoms with Gasteiger partial charge in [0, 0.05) is 0 Å². The summed E-state index contributed by atoms with van der Waals surface area (Å²) in [5.74, 6) is 1.22. The lowest BCUT2D eigenvalue weighted by Gasteiger charge is -2.09. The van der Waals surface area contributed by atoms with Gasteiger partial charge in [0.1, 0.15) is 11.5 Å². The Hall–Kier alpha value is -1.50. The summed E-state index contributed by atoms with van der Waals surface area (Å²) in [6.07, 6.45) is 0. The van der Waals surface area contributed by atoms with Gasteiger partial charge in [-0.25, -0.2) is 0 Å². The van der Waals surface area contributed by atoms with Gasteiger partial charge in [-0.2, -0.15) is 5.26 Å². The van der Waals surface area contributed by atoms with Gasteiger partial charge >= 0.3 is 0 Å². The fraction of sp³-hybridized carbons (Fsp3) is 0.0714. The molecule has 0 heterocycles. The van der Waals surface area contributed by atoms with Crippen molar-refractivity contribution in [2.75, 3.05) is 0 Å². The van der Waals surface area contributed by atoms with Gasteiger partial charge in [0.25, 0.3) is 0 Å². The van der Waals surface area contributed by atoms with Crippen LogP contribution in [0.3, 0.4) is 0 Å². The van der Waals surface area contributed by atoms with E-state index in [2.05, 4.69) is 15.9 Å². The second-order valence-electron chi connectivity index (χ2n) is 3.79. The zero-order valence-corrected chi connectivity index (χ0v) is 11.9. The molecule has 2 nitrogen and oxygen atoms in total. The number of ether oxygens (including phenoxy) is 1. The minimum Gasteiger partial charge on any atom is -0.455 e. The number of hydrogen-bond donors (Lipinski definition) is 0. The second kappa shape index (κ2) is 5.43. The summed E-state index contributed by atoms with van der Waals surface area (Å²) >= 11 is 9.49. The Morgan fingerprint density at radius 1 is 1.17 bits per heavy atom. The summed E-state index contributed by atoms with van der Waals surface area (Å²) in [5.41, 5.74) is 1.65. The quantitative estimate of drug-likeness (QED) is 0.773. The molecule has 2 rings (SSSR count). The lowest BCUT2D eigenvalue weighted by Crippen LogP contribution is -1.88. The van der Waals surface area contributed by atoms with Gasteiger partial charge in [-0.15, -0.1) is 0 Å².